The van der Waals surface area contributed by atoms with Gasteiger partial charge in [-0.15, -0.1) is 0 Å². The Balaban J connectivity index is 1.40. The van der Waals surface area contributed by atoms with Gasteiger partial charge in [0.1, 0.15) is 11.9 Å². The second-order valence-electron chi connectivity index (χ2n) is 5.65. The summed E-state index contributed by atoms with van der Waals surface area (Å²) >= 11 is 5.97. The van der Waals surface area contributed by atoms with Crippen molar-refractivity contribution >= 4 is 23.2 Å². The Morgan fingerprint density at radius 3 is 2.62 bits per heavy atom. The van der Waals surface area contributed by atoms with Crippen molar-refractivity contribution in [1.82, 2.24) is 21.9 Å². The molecule has 1 atom stereocenters. The fraction of sp³-hybridized carbons (Fsp3) is 0.188. The number of benzene rings is 2. The third-order valence-electron chi connectivity index (χ3n) is 4.00. The van der Waals surface area contributed by atoms with E-state index in [2.05, 4.69) is 27.2 Å². The van der Waals surface area contributed by atoms with Crippen LogP contribution in [-0.4, -0.2) is 12.0 Å². The van der Waals surface area contributed by atoms with Gasteiger partial charge in [0, 0.05) is 17.1 Å². The number of hydrogen-bond donors (Lipinski definition) is 5. The summed E-state index contributed by atoms with van der Waals surface area (Å²) in [5, 5.41) is 3.53. The van der Waals surface area contributed by atoms with Gasteiger partial charge in [-0.3, -0.25) is 4.79 Å². The van der Waals surface area contributed by atoms with Crippen molar-refractivity contribution in [3.63, 3.8) is 0 Å². The van der Waals surface area contributed by atoms with E-state index in [1.807, 2.05) is 30.3 Å². The number of halogens is 1. The maximum atomic E-state index is 12.4. The van der Waals surface area contributed by atoms with E-state index in [1.165, 1.54) is 0 Å². The Bertz CT molecular complexity index is 762. The molecule has 2 aliphatic heterocycles. The van der Waals surface area contributed by atoms with E-state index in [4.69, 9.17) is 16.3 Å². The third-order valence-corrected chi connectivity index (χ3v) is 4.23. The fourth-order valence-corrected chi connectivity index (χ4v) is 2.96. The smallest absolute Gasteiger partial charge is 0.265 e. The molecule has 1 fully saturated rings. The van der Waals surface area contributed by atoms with E-state index in [0.29, 0.717) is 17.2 Å². The van der Waals surface area contributed by atoms with Crippen LogP contribution in [0.4, 0.5) is 5.69 Å². The van der Waals surface area contributed by atoms with Crippen LogP contribution in [-0.2, 0) is 11.2 Å². The molecule has 7 nitrogen and oxygen atoms in total. The molecule has 0 saturated carbocycles. The van der Waals surface area contributed by atoms with Crippen molar-refractivity contribution in [1.29, 1.82) is 0 Å². The van der Waals surface area contributed by atoms with Gasteiger partial charge >= 0.3 is 0 Å². The summed E-state index contributed by atoms with van der Waals surface area (Å²) in [6.07, 6.45) is -0.0514. The van der Waals surface area contributed by atoms with Crippen LogP contribution in [0.3, 0.4) is 0 Å². The van der Waals surface area contributed by atoms with Gasteiger partial charge in [-0.05, 0) is 41.5 Å². The van der Waals surface area contributed by atoms with Crippen molar-refractivity contribution < 1.29 is 9.53 Å². The zero-order valence-corrected chi connectivity index (χ0v) is 13.4. The molecule has 8 heteroatoms. The average Bonchev–Trinajstić information content (AvgIpc) is 3.24. The predicted molar refractivity (Wildman–Crippen MR) is 89.9 cm³/mol. The molecule has 1 unspecified atom stereocenters. The highest BCUT2D eigenvalue weighted by Gasteiger charge is 2.29. The molecule has 0 radical (unpaired) electrons. The van der Waals surface area contributed by atoms with Gasteiger partial charge in [0.15, 0.2) is 6.10 Å². The minimum absolute atomic E-state index is 0.0350. The van der Waals surface area contributed by atoms with Crippen LogP contribution in [0.1, 0.15) is 17.3 Å². The lowest BCUT2D eigenvalue weighted by Crippen LogP contribution is -2.33. The fourth-order valence-electron chi connectivity index (χ4n) is 2.76. The van der Waals surface area contributed by atoms with Gasteiger partial charge in [-0.2, -0.15) is 11.1 Å². The number of ether oxygens (including phenoxy) is 1. The van der Waals surface area contributed by atoms with Gasteiger partial charge < -0.3 is 10.1 Å². The largest absolute Gasteiger partial charge is 0.480 e. The first-order valence-corrected chi connectivity index (χ1v) is 7.94. The Hall–Kier alpha value is -2.16. The number of carbonyl (C=O) groups excluding carboxylic acids is 1. The number of hydrazine groups is 3. The lowest BCUT2D eigenvalue weighted by Gasteiger charge is -2.13. The molecule has 5 N–H and O–H groups in total. The first kappa shape index (κ1) is 15.4. The number of amides is 1. The number of fused-ring (bicyclic) bond motifs is 1. The average molecular weight is 346 g/mol. The van der Waals surface area contributed by atoms with Crippen LogP contribution in [0.15, 0.2) is 42.5 Å². The van der Waals surface area contributed by atoms with Crippen LogP contribution in [0.5, 0.6) is 5.75 Å². The van der Waals surface area contributed by atoms with Crippen molar-refractivity contribution in [3.8, 4) is 5.75 Å². The minimum atomic E-state index is -0.537. The lowest BCUT2D eigenvalue weighted by atomic mass is 10.1. The van der Waals surface area contributed by atoms with Gasteiger partial charge in [0.05, 0.1) is 0 Å². The molecule has 2 aliphatic rings. The van der Waals surface area contributed by atoms with Crippen LogP contribution in [0.2, 0.25) is 5.02 Å². The van der Waals surface area contributed by atoms with E-state index in [9.17, 15) is 4.79 Å². The summed E-state index contributed by atoms with van der Waals surface area (Å²) in [7, 11) is 0. The molecular weight excluding hydrogens is 330 g/mol. The predicted octanol–water partition coefficient (Wildman–Crippen LogP) is 1.40. The molecule has 1 saturated heterocycles. The van der Waals surface area contributed by atoms with Crippen molar-refractivity contribution in [3.05, 3.63) is 58.6 Å². The second kappa shape index (κ2) is 6.39. The molecule has 124 valence electrons. The summed E-state index contributed by atoms with van der Waals surface area (Å²) < 4.78 is 5.69. The van der Waals surface area contributed by atoms with Crippen LogP contribution in [0, 0.1) is 0 Å². The zero-order chi connectivity index (χ0) is 16.5. The zero-order valence-electron chi connectivity index (χ0n) is 12.6. The Labute approximate surface area is 143 Å². The number of anilines is 1. The first-order chi connectivity index (χ1) is 11.7. The third kappa shape index (κ3) is 3.08. The second-order valence-corrected chi connectivity index (χ2v) is 6.08. The van der Waals surface area contributed by atoms with Crippen molar-refractivity contribution in [2.45, 2.75) is 18.7 Å². The maximum absolute atomic E-state index is 12.4. The van der Waals surface area contributed by atoms with Gasteiger partial charge in [0.2, 0.25) is 0 Å². The molecule has 0 aromatic heterocycles. The molecule has 1 amide bonds. The quantitative estimate of drug-likeness (QED) is 0.578. The summed E-state index contributed by atoms with van der Waals surface area (Å²) in [6, 6.07) is 13.0. The van der Waals surface area contributed by atoms with Crippen LogP contribution in [0.25, 0.3) is 0 Å². The standard InChI is InChI=1S/C16H16ClN5O2/c17-11-3-6-13-10(7-11)8-14(24-13)16(23)18-12-4-1-9(2-5-12)15-19-21-22-20-15/h1-7,14-15,19-22H,8H2,(H,18,23). The normalized spacial score (nSPS) is 19.8. The molecule has 0 bridgehead atoms. The van der Waals surface area contributed by atoms with Crippen molar-refractivity contribution in [2.24, 2.45) is 0 Å². The van der Waals surface area contributed by atoms with Crippen molar-refractivity contribution in [2.75, 3.05) is 5.32 Å². The maximum Gasteiger partial charge on any atom is 0.265 e. The molecule has 0 spiro atoms. The minimum Gasteiger partial charge on any atom is -0.480 e. The summed E-state index contributed by atoms with van der Waals surface area (Å²) in [6.45, 7) is 0. The van der Waals surface area contributed by atoms with Gasteiger partial charge in [0.25, 0.3) is 5.91 Å². The van der Waals surface area contributed by atoms with Crippen LogP contribution < -0.4 is 32.0 Å². The topological polar surface area (TPSA) is 86.5 Å². The SMILES string of the molecule is O=C(Nc1ccc(C2NNNN2)cc1)C1Cc2cc(Cl)ccc2O1. The number of nitrogens with one attached hydrogen (secondary N) is 5. The Kier molecular flexibility index (Phi) is 4.09. The highest BCUT2D eigenvalue weighted by Crippen LogP contribution is 2.31. The highest BCUT2D eigenvalue weighted by molar-refractivity contribution is 6.30. The van der Waals surface area contributed by atoms with E-state index >= 15 is 0 Å². The summed E-state index contributed by atoms with van der Waals surface area (Å²) in [5.74, 6) is 0.545. The Morgan fingerprint density at radius 1 is 1.12 bits per heavy atom. The Morgan fingerprint density at radius 2 is 1.88 bits per heavy atom. The van der Waals surface area contributed by atoms with E-state index < -0.39 is 6.10 Å². The van der Waals surface area contributed by atoms with E-state index in [1.54, 1.807) is 12.1 Å². The molecule has 0 aliphatic carbocycles. The van der Waals surface area contributed by atoms with Crippen LogP contribution >= 0.6 is 11.6 Å². The molecule has 2 heterocycles. The monoisotopic (exact) mass is 345 g/mol. The summed E-state index contributed by atoms with van der Waals surface area (Å²) in [5.41, 5.74) is 14.2. The van der Waals surface area contributed by atoms with Gasteiger partial charge in [-0.25, -0.2) is 10.9 Å². The molecule has 4 rings (SSSR count). The molecule has 24 heavy (non-hydrogen) atoms. The number of carbonyl (C=O) groups is 1. The molecule has 2 aromatic rings. The summed E-state index contributed by atoms with van der Waals surface area (Å²) in [4.78, 5) is 12.4. The van der Waals surface area contributed by atoms with E-state index in [-0.39, 0.29) is 12.1 Å². The number of hydrogen-bond acceptors (Lipinski definition) is 6. The lowest BCUT2D eigenvalue weighted by molar-refractivity contribution is -0.122. The molecule has 2 aromatic carbocycles. The first-order valence-electron chi connectivity index (χ1n) is 7.56. The number of rotatable bonds is 3. The highest BCUT2D eigenvalue weighted by atomic mass is 35.5. The van der Waals surface area contributed by atoms with E-state index in [0.717, 1.165) is 16.8 Å². The molecular formula is C16H16ClN5O2. The van der Waals surface area contributed by atoms with Gasteiger partial charge in [-0.1, -0.05) is 23.7 Å².